The lowest BCUT2D eigenvalue weighted by atomic mass is 10.2. The van der Waals surface area contributed by atoms with E-state index in [1.165, 1.54) is 11.8 Å². The fourth-order valence-corrected chi connectivity index (χ4v) is 2.75. The van der Waals surface area contributed by atoms with E-state index < -0.39 is 0 Å². The Bertz CT molecular complexity index is 608. The van der Waals surface area contributed by atoms with Crippen molar-refractivity contribution >= 4 is 17.6 Å². The normalized spacial score (nSPS) is 11.6. The van der Waals surface area contributed by atoms with Crippen molar-refractivity contribution in [2.45, 2.75) is 23.8 Å². The molecule has 2 aromatic heterocycles. The molecule has 0 bridgehead atoms. The van der Waals surface area contributed by atoms with Crippen LogP contribution in [-0.4, -0.2) is 21.0 Å². The Morgan fingerprint density at radius 3 is 2.84 bits per heavy atom. The molecule has 0 radical (unpaired) electrons. The molecular weight excluding hydrogens is 260 g/mol. The van der Waals surface area contributed by atoms with Gasteiger partial charge in [0.25, 0.3) is 0 Å². The predicted molar refractivity (Wildman–Crippen MR) is 74.6 cm³/mol. The quantitative estimate of drug-likeness (QED) is 0.388. The highest BCUT2D eigenvalue weighted by Gasteiger charge is 2.09. The largest absolute Gasteiger partial charge is 0.409 e. The number of aryl methyl sites for hydroxylation is 2. The van der Waals surface area contributed by atoms with Crippen molar-refractivity contribution in [3.05, 3.63) is 47.4 Å². The van der Waals surface area contributed by atoms with E-state index in [4.69, 9.17) is 10.9 Å². The molecule has 0 aliphatic heterocycles. The zero-order valence-corrected chi connectivity index (χ0v) is 11.5. The molecule has 0 atom stereocenters. The fourth-order valence-electron chi connectivity index (χ4n) is 1.70. The first-order chi connectivity index (χ1) is 9.10. The van der Waals surface area contributed by atoms with Crippen molar-refractivity contribution in [2.75, 3.05) is 0 Å². The summed E-state index contributed by atoms with van der Waals surface area (Å²) in [7, 11) is 0. The lowest BCUT2D eigenvalue weighted by Crippen LogP contribution is -2.14. The van der Waals surface area contributed by atoms with Gasteiger partial charge in [-0.3, -0.25) is 4.98 Å². The summed E-state index contributed by atoms with van der Waals surface area (Å²) in [6, 6.07) is 5.71. The molecule has 0 aliphatic carbocycles. The van der Waals surface area contributed by atoms with Crippen LogP contribution >= 0.6 is 11.8 Å². The Labute approximate surface area is 115 Å². The van der Waals surface area contributed by atoms with Crippen molar-refractivity contribution < 1.29 is 5.21 Å². The summed E-state index contributed by atoms with van der Waals surface area (Å²) in [6.07, 6.45) is 3.28. The third-order valence-corrected chi connectivity index (χ3v) is 3.42. The Morgan fingerprint density at radius 2 is 2.16 bits per heavy atom. The minimum Gasteiger partial charge on any atom is -0.409 e. The molecular formula is C13H14N4OS. The molecule has 0 amide bonds. The predicted octanol–water partition coefficient (Wildman–Crippen LogP) is 2.34. The number of hydrogen-bond acceptors (Lipinski definition) is 5. The number of pyridine rings is 2. The highest BCUT2D eigenvalue weighted by molar-refractivity contribution is 7.99. The van der Waals surface area contributed by atoms with Crippen LogP contribution in [0.15, 0.2) is 45.7 Å². The van der Waals surface area contributed by atoms with Crippen LogP contribution in [0, 0.1) is 13.8 Å². The van der Waals surface area contributed by atoms with E-state index in [0.29, 0.717) is 5.56 Å². The number of oxime groups is 1. The van der Waals surface area contributed by atoms with Gasteiger partial charge in [0.1, 0.15) is 5.03 Å². The molecule has 0 saturated heterocycles. The van der Waals surface area contributed by atoms with Crippen molar-refractivity contribution in [3.8, 4) is 0 Å². The van der Waals surface area contributed by atoms with E-state index in [-0.39, 0.29) is 5.84 Å². The van der Waals surface area contributed by atoms with Crippen molar-refractivity contribution in [1.29, 1.82) is 0 Å². The molecule has 0 saturated carbocycles. The summed E-state index contributed by atoms with van der Waals surface area (Å²) in [5, 5.41) is 12.7. The van der Waals surface area contributed by atoms with Gasteiger partial charge in [-0.1, -0.05) is 16.9 Å². The van der Waals surface area contributed by atoms with E-state index >= 15 is 0 Å². The van der Waals surface area contributed by atoms with Crippen LogP contribution in [0.3, 0.4) is 0 Å². The van der Waals surface area contributed by atoms with E-state index in [9.17, 15) is 0 Å². The van der Waals surface area contributed by atoms with E-state index in [2.05, 4.69) is 15.1 Å². The smallest absolute Gasteiger partial charge is 0.171 e. The average Bonchev–Trinajstić information content (AvgIpc) is 2.37. The Hall–Kier alpha value is -2.08. The van der Waals surface area contributed by atoms with Crippen molar-refractivity contribution in [2.24, 2.45) is 10.9 Å². The third-order valence-electron chi connectivity index (χ3n) is 2.46. The second kappa shape index (κ2) is 5.71. The Balaban J connectivity index is 2.38. The fraction of sp³-hybridized carbons (Fsp3) is 0.154. The second-order valence-electron chi connectivity index (χ2n) is 4.08. The maximum atomic E-state index is 8.78. The van der Waals surface area contributed by atoms with Gasteiger partial charge in [0, 0.05) is 28.5 Å². The maximum absolute atomic E-state index is 8.78. The lowest BCUT2D eigenvalue weighted by Gasteiger charge is -2.07. The molecule has 0 aliphatic rings. The number of aromatic nitrogens is 2. The van der Waals surface area contributed by atoms with Crippen molar-refractivity contribution in [1.82, 2.24) is 9.97 Å². The molecule has 19 heavy (non-hydrogen) atoms. The number of nitrogens with two attached hydrogens (primary N) is 1. The zero-order valence-electron chi connectivity index (χ0n) is 10.7. The van der Waals surface area contributed by atoms with E-state index in [1.807, 2.05) is 26.0 Å². The topological polar surface area (TPSA) is 84.4 Å². The van der Waals surface area contributed by atoms with Crippen LogP contribution in [0.1, 0.15) is 16.8 Å². The third kappa shape index (κ3) is 3.23. The molecule has 98 valence electrons. The highest BCUT2D eigenvalue weighted by Crippen LogP contribution is 2.29. The summed E-state index contributed by atoms with van der Waals surface area (Å²) in [5.74, 6) is 0.0641. The van der Waals surface area contributed by atoms with Gasteiger partial charge in [-0.25, -0.2) is 4.98 Å². The molecule has 0 fully saturated rings. The molecule has 3 N–H and O–H groups in total. The number of rotatable bonds is 3. The summed E-state index contributed by atoms with van der Waals surface area (Å²) < 4.78 is 0. The molecule has 0 unspecified atom stereocenters. The van der Waals surface area contributed by atoms with Gasteiger partial charge in [-0.2, -0.15) is 0 Å². The van der Waals surface area contributed by atoms with Gasteiger partial charge in [-0.15, -0.1) is 0 Å². The Kier molecular flexibility index (Phi) is 4.01. The zero-order chi connectivity index (χ0) is 13.8. The summed E-state index contributed by atoms with van der Waals surface area (Å²) in [4.78, 5) is 9.31. The number of nitrogens with zero attached hydrogens (tertiary/aromatic N) is 3. The number of amidine groups is 1. The highest BCUT2D eigenvalue weighted by atomic mass is 32.2. The summed E-state index contributed by atoms with van der Waals surface area (Å²) >= 11 is 1.44. The minimum absolute atomic E-state index is 0.0641. The van der Waals surface area contributed by atoms with Gasteiger partial charge in [0.05, 0.1) is 0 Å². The first kappa shape index (κ1) is 13.4. The number of hydrogen-bond donors (Lipinski definition) is 2. The van der Waals surface area contributed by atoms with Crippen LogP contribution in [0.4, 0.5) is 0 Å². The molecule has 5 nitrogen and oxygen atoms in total. The van der Waals surface area contributed by atoms with Gasteiger partial charge < -0.3 is 10.9 Å². The summed E-state index contributed by atoms with van der Waals surface area (Å²) in [6.45, 7) is 3.97. The monoisotopic (exact) mass is 274 g/mol. The van der Waals surface area contributed by atoms with Crippen LogP contribution in [-0.2, 0) is 0 Å². The second-order valence-corrected chi connectivity index (χ2v) is 5.15. The molecule has 2 heterocycles. The van der Waals surface area contributed by atoms with Gasteiger partial charge in [0.2, 0.25) is 0 Å². The van der Waals surface area contributed by atoms with E-state index in [0.717, 1.165) is 21.2 Å². The van der Waals surface area contributed by atoms with Crippen LogP contribution < -0.4 is 5.73 Å². The van der Waals surface area contributed by atoms with Gasteiger partial charge in [-0.05, 0) is 37.6 Å². The van der Waals surface area contributed by atoms with Crippen LogP contribution in [0.25, 0.3) is 0 Å². The molecule has 0 aromatic carbocycles. The van der Waals surface area contributed by atoms with Crippen LogP contribution in [0.2, 0.25) is 0 Å². The molecule has 0 spiro atoms. The standard InChI is InChI=1S/C13H14N4OS/c1-8-5-9(2)16-12(6-8)19-11-7-15-4-3-10(11)13(14)17-18/h3-7,18H,1-2H3,(H2,14,17). The first-order valence-electron chi connectivity index (χ1n) is 5.65. The molecule has 2 aromatic rings. The summed E-state index contributed by atoms with van der Waals surface area (Å²) in [5.41, 5.74) is 8.39. The molecule has 2 rings (SSSR count). The van der Waals surface area contributed by atoms with Crippen molar-refractivity contribution in [3.63, 3.8) is 0 Å². The van der Waals surface area contributed by atoms with Gasteiger partial charge in [0.15, 0.2) is 5.84 Å². The maximum Gasteiger partial charge on any atom is 0.171 e. The average molecular weight is 274 g/mol. The molecule has 6 heteroatoms. The van der Waals surface area contributed by atoms with E-state index in [1.54, 1.807) is 18.5 Å². The SMILES string of the molecule is Cc1cc(C)nc(Sc2cnccc2C(N)=NO)c1. The van der Waals surface area contributed by atoms with Crippen LogP contribution in [0.5, 0.6) is 0 Å². The lowest BCUT2D eigenvalue weighted by molar-refractivity contribution is 0.318. The Morgan fingerprint density at radius 1 is 1.37 bits per heavy atom. The minimum atomic E-state index is 0.0641. The van der Waals surface area contributed by atoms with Gasteiger partial charge >= 0.3 is 0 Å². The first-order valence-corrected chi connectivity index (χ1v) is 6.47.